The Balaban J connectivity index is 2.92. The van der Waals surface area contributed by atoms with Gasteiger partial charge in [-0.15, -0.1) is 0 Å². The van der Waals surface area contributed by atoms with E-state index in [1.54, 1.807) is 12.1 Å². The molecule has 2 N–H and O–H groups in total. The Morgan fingerprint density at radius 1 is 1.42 bits per heavy atom. The SMILES string of the molecule is Cc1c(Br)cccc1OB(O)O. The minimum absolute atomic E-state index is 0.458. The van der Waals surface area contributed by atoms with Crippen LogP contribution in [0.15, 0.2) is 22.7 Å². The number of hydrogen-bond donors (Lipinski definition) is 2. The molecular weight excluding hydrogens is 223 g/mol. The number of benzene rings is 1. The summed E-state index contributed by atoms with van der Waals surface area (Å²) >= 11 is 3.29. The van der Waals surface area contributed by atoms with E-state index < -0.39 is 7.32 Å². The summed E-state index contributed by atoms with van der Waals surface area (Å²) in [7, 11) is -1.77. The van der Waals surface area contributed by atoms with Crippen LogP contribution in [0, 0.1) is 6.92 Å². The molecule has 0 aliphatic carbocycles. The summed E-state index contributed by atoms with van der Waals surface area (Å²) in [5, 5.41) is 17.1. The van der Waals surface area contributed by atoms with Crippen LogP contribution in [0.5, 0.6) is 5.75 Å². The molecule has 0 atom stereocenters. The van der Waals surface area contributed by atoms with Crippen LogP contribution in [0.2, 0.25) is 0 Å². The van der Waals surface area contributed by atoms with Gasteiger partial charge in [0, 0.05) is 10.0 Å². The van der Waals surface area contributed by atoms with Crippen LogP contribution in [0.4, 0.5) is 0 Å². The summed E-state index contributed by atoms with van der Waals surface area (Å²) in [4.78, 5) is 0. The highest BCUT2D eigenvalue weighted by Crippen LogP contribution is 2.25. The van der Waals surface area contributed by atoms with Crippen LogP contribution in [-0.2, 0) is 0 Å². The summed E-state index contributed by atoms with van der Waals surface area (Å²) in [5.41, 5.74) is 0.839. The smallest absolute Gasteiger partial charge is 0.512 e. The highest BCUT2D eigenvalue weighted by atomic mass is 79.9. The molecule has 0 heterocycles. The normalized spacial score (nSPS) is 9.67. The average molecular weight is 231 g/mol. The van der Waals surface area contributed by atoms with E-state index in [4.69, 9.17) is 14.7 Å². The second kappa shape index (κ2) is 3.93. The summed E-state index contributed by atoms with van der Waals surface area (Å²) in [5.74, 6) is 0.458. The molecule has 0 unspecified atom stereocenters. The van der Waals surface area contributed by atoms with Gasteiger partial charge < -0.3 is 14.7 Å². The predicted molar refractivity (Wildman–Crippen MR) is 49.7 cm³/mol. The fourth-order valence-corrected chi connectivity index (χ4v) is 1.18. The molecule has 0 aromatic heterocycles. The third-order valence-corrected chi connectivity index (χ3v) is 2.31. The molecule has 0 fully saturated rings. The van der Waals surface area contributed by atoms with Gasteiger partial charge in [-0.3, -0.25) is 0 Å². The average Bonchev–Trinajstić information content (AvgIpc) is 1.98. The molecule has 5 heteroatoms. The fraction of sp³-hybridized carbons (Fsp3) is 0.143. The molecular formula is C7H8BBrO3. The van der Waals surface area contributed by atoms with Crippen LogP contribution >= 0.6 is 15.9 Å². The van der Waals surface area contributed by atoms with Crippen LogP contribution in [0.3, 0.4) is 0 Å². The van der Waals surface area contributed by atoms with Crippen molar-refractivity contribution >= 4 is 23.3 Å². The highest BCUT2D eigenvalue weighted by molar-refractivity contribution is 9.10. The van der Waals surface area contributed by atoms with Crippen molar-refractivity contribution in [1.29, 1.82) is 0 Å². The lowest BCUT2D eigenvalue weighted by atomic mass is 10.2. The first-order valence-corrected chi connectivity index (χ1v) is 4.18. The van der Waals surface area contributed by atoms with E-state index in [2.05, 4.69) is 15.9 Å². The van der Waals surface area contributed by atoms with Gasteiger partial charge in [0.2, 0.25) is 0 Å². The number of hydrogen-bond acceptors (Lipinski definition) is 3. The van der Waals surface area contributed by atoms with E-state index in [0.717, 1.165) is 10.0 Å². The van der Waals surface area contributed by atoms with Gasteiger partial charge in [0.1, 0.15) is 5.75 Å². The monoisotopic (exact) mass is 230 g/mol. The van der Waals surface area contributed by atoms with Crippen molar-refractivity contribution in [3.8, 4) is 5.75 Å². The first kappa shape index (κ1) is 9.57. The molecule has 0 aliphatic heterocycles. The summed E-state index contributed by atoms with van der Waals surface area (Å²) < 4.78 is 5.58. The molecule has 12 heavy (non-hydrogen) atoms. The molecule has 0 radical (unpaired) electrons. The van der Waals surface area contributed by atoms with Crippen molar-refractivity contribution in [1.82, 2.24) is 0 Å². The number of rotatable bonds is 2. The molecule has 1 aromatic carbocycles. The van der Waals surface area contributed by atoms with Gasteiger partial charge in [0.25, 0.3) is 0 Å². The molecule has 0 bridgehead atoms. The Labute approximate surface area is 79.3 Å². The molecule has 1 rings (SSSR count). The van der Waals surface area contributed by atoms with Crippen molar-refractivity contribution in [3.63, 3.8) is 0 Å². The summed E-state index contributed by atoms with van der Waals surface area (Å²) in [6.07, 6.45) is 0. The van der Waals surface area contributed by atoms with Crippen molar-refractivity contribution < 1.29 is 14.7 Å². The maximum absolute atomic E-state index is 8.54. The van der Waals surface area contributed by atoms with E-state index in [1.165, 1.54) is 0 Å². The van der Waals surface area contributed by atoms with Gasteiger partial charge in [-0.1, -0.05) is 22.0 Å². The van der Waals surface area contributed by atoms with Gasteiger partial charge in [0.05, 0.1) is 0 Å². The first-order valence-electron chi connectivity index (χ1n) is 3.39. The Morgan fingerprint density at radius 2 is 2.08 bits per heavy atom. The standard InChI is InChI=1S/C7H8BBrO3/c1-5-6(9)3-2-4-7(5)12-8(10)11/h2-4,10-11H,1H3. The van der Waals surface area contributed by atoms with Crippen molar-refractivity contribution in [2.24, 2.45) is 0 Å². The minimum atomic E-state index is -1.77. The number of halogens is 1. The van der Waals surface area contributed by atoms with Crippen LogP contribution in [0.1, 0.15) is 5.56 Å². The zero-order valence-corrected chi connectivity index (χ0v) is 8.08. The lowest BCUT2D eigenvalue weighted by Gasteiger charge is -2.08. The lowest BCUT2D eigenvalue weighted by Crippen LogP contribution is -2.21. The minimum Gasteiger partial charge on any atom is -0.512 e. The third kappa shape index (κ3) is 2.23. The van der Waals surface area contributed by atoms with Crippen LogP contribution in [-0.4, -0.2) is 17.4 Å². The zero-order chi connectivity index (χ0) is 9.14. The Bertz CT molecular complexity index is 277. The van der Waals surface area contributed by atoms with E-state index in [1.807, 2.05) is 13.0 Å². The third-order valence-electron chi connectivity index (χ3n) is 1.45. The Kier molecular flexibility index (Phi) is 3.14. The van der Waals surface area contributed by atoms with Gasteiger partial charge >= 0.3 is 7.32 Å². The van der Waals surface area contributed by atoms with E-state index >= 15 is 0 Å². The Hall–Kier alpha value is -0.515. The molecule has 0 aliphatic rings. The maximum atomic E-state index is 8.54. The van der Waals surface area contributed by atoms with Gasteiger partial charge in [0.15, 0.2) is 0 Å². The second-order valence-electron chi connectivity index (χ2n) is 2.31. The Morgan fingerprint density at radius 3 is 2.67 bits per heavy atom. The molecule has 1 aromatic rings. The van der Waals surface area contributed by atoms with Crippen LogP contribution < -0.4 is 4.65 Å². The van der Waals surface area contributed by atoms with Crippen molar-refractivity contribution in [2.45, 2.75) is 6.92 Å². The zero-order valence-electron chi connectivity index (χ0n) is 6.49. The fourth-order valence-electron chi connectivity index (χ4n) is 0.829. The summed E-state index contributed by atoms with van der Waals surface area (Å²) in [6.45, 7) is 1.82. The van der Waals surface area contributed by atoms with Gasteiger partial charge in [-0.05, 0) is 19.1 Å². The molecule has 0 saturated carbocycles. The van der Waals surface area contributed by atoms with E-state index in [-0.39, 0.29) is 0 Å². The van der Waals surface area contributed by atoms with E-state index in [0.29, 0.717) is 5.75 Å². The van der Waals surface area contributed by atoms with Crippen LogP contribution in [0.25, 0.3) is 0 Å². The molecule has 3 nitrogen and oxygen atoms in total. The molecule has 0 amide bonds. The van der Waals surface area contributed by atoms with Gasteiger partial charge in [-0.2, -0.15) is 0 Å². The van der Waals surface area contributed by atoms with Crippen molar-refractivity contribution in [3.05, 3.63) is 28.2 Å². The largest absolute Gasteiger partial charge is 0.707 e. The quantitative estimate of drug-likeness (QED) is 0.749. The van der Waals surface area contributed by atoms with Gasteiger partial charge in [-0.25, -0.2) is 0 Å². The first-order chi connectivity index (χ1) is 5.61. The highest BCUT2D eigenvalue weighted by Gasteiger charge is 2.13. The van der Waals surface area contributed by atoms with Crippen molar-refractivity contribution in [2.75, 3.05) is 0 Å². The predicted octanol–water partition coefficient (Wildman–Crippen LogP) is 1.11. The van der Waals surface area contributed by atoms with E-state index in [9.17, 15) is 0 Å². The lowest BCUT2D eigenvalue weighted by molar-refractivity contribution is 0.287. The molecule has 0 saturated heterocycles. The molecule has 64 valence electrons. The summed E-state index contributed by atoms with van der Waals surface area (Å²) in [6, 6.07) is 5.28. The second-order valence-corrected chi connectivity index (χ2v) is 3.16. The maximum Gasteiger partial charge on any atom is 0.707 e. The molecule has 0 spiro atoms. The topological polar surface area (TPSA) is 49.7 Å².